The second-order valence-corrected chi connectivity index (χ2v) is 30.0. The first-order valence-corrected chi connectivity index (χ1v) is 39.9. The molecule has 1 aliphatic carbocycles. The van der Waals surface area contributed by atoms with E-state index >= 15 is 0 Å². The summed E-state index contributed by atoms with van der Waals surface area (Å²) >= 11 is 0. The van der Waals surface area contributed by atoms with Crippen molar-refractivity contribution >= 4 is 49.7 Å². The van der Waals surface area contributed by atoms with Crippen LogP contribution in [-0.2, 0) is 82.6 Å². The van der Waals surface area contributed by atoms with Crippen molar-refractivity contribution in [3.05, 3.63) is 184 Å². The van der Waals surface area contributed by atoms with Crippen molar-refractivity contribution in [3.63, 3.8) is 0 Å². The molecule has 6 aromatic carbocycles. The Labute approximate surface area is 665 Å². The third-order valence-electron chi connectivity index (χ3n) is 18.6. The van der Waals surface area contributed by atoms with Crippen molar-refractivity contribution in [2.45, 2.75) is 105 Å². The number of rotatable bonds is 45. The maximum absolute atomic E-state index is 14.0. The Morgan fingerprint density at radius 1 is 0.603 bits per heavy atom. The van der Waals surface area contributed by atoms with E-state index in [1.54, 1.807) is 41.2 Å². The Bertz CT molecular complexity index is 4660. The Morgan fingerprint density at radius 2 is 1.21 bits per heavy atom. The summed E-state index contributed by atoms with van der Waals surface area (Å²) < 4.78 is 139. The van der Waals surface area contributed by atoms with Gasteiger partial charge in [-0.1, -0.05) is 65.4 Å². The molecule has 1 aromatic heterocycles. The average Bonchev–Trinajstić information content (AvgIpc) is 1.14. The minimum absolute atomic E-state index is 0.0182. The van der Waals surface area contributed by atoms with Gasteiger partial charge in [-0.3, -0.25) is 19.2 Å². The molecule has 37 nitrogen and oxygen atoms in total. The highest BCUT2D eigenvalue weighted by molar-refractivity contribution is 7.91. The van der Waals surface area contributed by atoms with Gasteiger partial charge in [-0.05, 0) is 90.8 Å². The quantitative estimate of drug-likeness (QED) is 0.0143. The number of ether oxygens (including phenoxy) is 13. The highest BCUT2D eigenvalue weighted by Gasteiger charge is 2.56. The molecule has 4 heterocycles. The van der Waals surface area contributed by atoms with E-state index in [0.29, 0.717) is 75.2 Å². The maximum Gasteiger partial charge on any atom is 0.501 e. The fourth-order valence-corrected chi connectivity index (χ4v) is 14.5. The second kappa shape index (κ2) is 41.8. The first-order valence-electron chi connectivity index (χ1n) is 36.9. The molecule has 0 bridgehead atoms. The number of aromatic nitrogens is 3. The van der Waals surface area contributed by atoms with Crippen molar-refractivity contribution in [2.24, 2.45) is 0 Å². The minimum Gasteiger partial charge on any atom is -0.484 e. The van der Waals surface area contributed by atoms with Gasteiger partial charge in [-0.25, -0.2) is 17.9 Å². The molecular weight excluding hydrogens is 1570 g/mol. The van der Waals surface area contributed by atoms with E-state index in [2.05, 4.69) is 26.3 Å². The lowest BCUT2D eigenvalue weighted by Crippen LogP contribution is -2.67. The fourth-order valence-electron chi connectivity index (χ4n) is 12.5. The van der Waals surface area contributed by atoms with Gasteiger partial charge < -0.3 is 122 Å². The molecule has 4 aliphatic rings. The summed E-state index contributed by atoms with van der Waals surface area (Å²) in [7, 11) is -8.77. The number of hydrogen-bond donors (Lipinski definition) is 10. The zero-order valence-electron chi connectivity index (χ0n) is 62.7. The number of amides is 3. The van der Waals surface area contributed by atoms with Gasteiger partial charge in [-0.2, -0.15) is 0 Å². The normalized spacial score (nSPS) is 20.9. The molecule has 626 valence electrons. The monoisotopic (exact) mass is 1660 g/mol. The molecular formula is C77H90N6O31S2. The maximum atomic E-state index is 14.0. The molecule has 3 aliphatic heterocycles. The first-order chi connectivity index (χ1) is 55.9. The smallest absolute Gasteiger partial charge is 0.484 e. The number of sulfone groups is 1. The third kappa shape index (κ3) is 23.5. The number of esters is 1. The van der Waals surface area contributed by atoms with Crippen LogP contribution in [0.1, 0.15) is 86.5 Å². The zero-order chi connectivity index (χ0) is 82.3. The van der Waals surface area contributed by atoms with Crippen LogP contribution in [0.25, 0.3) is 0 Å². The van der Waals surface area contributed by atoms with Crippen LogP contribution in [0.3, 0.4) is 0 Å². The van der Waals surface area contributed by atoms with Crippen LogP contribution in [0.15, 0.2) is 138 Å². The van der Waals surface area contributed by atoms with E-state index in [4.69, 9.17) is 69.9 Å². The Kier molecular flexibility index (Phi) is 31.3. The number of nitrogens with one attached hydrogen (secondary N) is 3. The SMILES string of the molecule is Cc1ccc(S(=O)(=O)CCC(=O)c2ccc(C(=O)NCCOCCOCCOCCOCc3cn(CCOCCOCCOCCNC(=O)c4ccc(O[C@@H]5O[C@H](CO)[C@H](O)[C@H](O)[C@H]5O)c(OS(=O)(=O)Oc5ccc(COc6c7c(cc8c6C(=O)N[C@H]6[C@H](O)[C@H](O)[C@@H](O)[C@H](OC(=O)c9ccccc9)[C@H]86)OCO7)cc5)c4)nn3)cc2)cc1. The van der Waals surface area contributed by atoms with Gasteiger partial charge in [-0.15, -0.1) is 13.5 Å². The molecule has 11 atom stereocenters. The number of nitrogens with zero attached hydrogens (tertiary/aromatic N) is 3. The molecule has 7 aromatic rings. The van der Waals surface area contributed by atoms with Crippen molar-refractivity contribution in [1.29, 1.82) is 0 Å². The number of benzene rings is 6. The number of Topliss-reactive ketones (excluding diaryl/α,β-unsaturated/α-hetero) is 1. The highest BCUT2D eigenvalue weighted by Crippen LogP contribution is 2.52. The van der Waals surface area contributed by atoms with E-state index in [0.717, 1.165) is 17.7 Å². The standard InChI is InChI=1S/C77H90N6O31S2/c1-46-7-18-54(19-8-46)115(96,97)38-21-56(85)48-11-13-49(14-12-48)73(92)78-22-25-100-29-32-104-34-35-105-36-37-106-44-52-41-83(82-81-52)24-27-102-30-33-103-31-28-101-26-23-79-74(93)51-15-20-57(110-77-69(91)66(88)64(86)60(42-84)111-77)58(39-51)114-116(98,99)113-53-16-9-47(10-17-53)43-107-72-62-55(40-59-70(72)109-45-108-59)61-63(80-75(62)94)65(87)67(89)68(90)71(61)112-76(95)50-5-3-2-4-6-50/h2-20,39-41,60-61,63-69,71,77,84,86-91H,21-38,42-45H2,1H3,(H,78,92)(H,79,93)(H,80,94)/t60-,61-,63-,64+,65+,66+,67+,68-,69-,71-,77-/m1/s1. The summed E-state index contributed by atoms with van der Waals surface area (Å²) in [6.45, 7) is 4.73. The lowest BCUT2D eigenvalue weighted by Gasteiger charge is -2.48. The van der Waals surface area contributed by atoms with Gasteiger partial charge in [0.05, 0.1) is 140 Å². The molecule has 1 saturated heterocycles. The van der Waals surface area contributed by atoms with Crippen LogP contribution < -0.4 is 43.3 Å². The minimum atomic E-state index is -5.15. The largest absolute Gasteiger partial charge is 0.501 e. The molecule has 1 saturated carbocycles. The van der Waals surface area contributed by atoms with Crippen LogP contribution >= 0.6 is 0 Å². The second-order valence-electron chi connectivity index (χ2n) is 26.7. The Balaban J connectivity index is 0.546. The summed E-state index contributed by atoms with van der Waals surface area (Å²) in [4.78, 5) is 66.3. The lowest BCUT2D eigenvalue weighted by atomic mass is 9.70. The first kappa shape index (κ1) is 87.0. The van der Waals surface area contributed by atoms with E-state index < -0.39 is 123 Å². The Morgan fingerprint density at radius 3 is 1.86 bits per heavy atom. The number of aryl methyl sites for hydroxylation is 1. The van der Waals surface area contributed by atoms with Gasteiger partial charge >= 0.3 is 16.4 Å². The number of hydrogen-bond acceptors (Lipinski definition) is 33. The molecule has 10 N–H and O–H groups in total. The van der Waals surface area contributed by atoms with Crippen molar-refractivity contribution in [3.8, 4) is 34.5 Å². The number of ketones is 1. The number of carbonyl (C=O) groups is 5. The summed E-state index contributed by atoms with van der Waals surface area (Å²) in [6.07, 6.45) is -14.2. The third-order valence-corrected chi connectivity index (χ3v) is 21.1. The van der Waals surface area contributed by atoms with Crippen LogP contribution in [0.2, 0.25) is 0 Å². The fraction of sp³-hybridized carbons (Fsp3) is 0.442. The lowest BCUT2D eigenvalue weighted by molar-refractivity contribution is -0.277. The van der Waals surface area contributed by atoms with Gasteiger partial charge in [0.15, 0.2) is 38.6 Å². The number of carbonyl (C=O) groups excluding carboxylic acids is 5. The van der Waals surface area contributed by atoms with E-state index in [-0.39, 0.29) is 147 Å². The van der Waals surface area contributed by atoms with Crippen LogP contribution in [0.5, 0.6) is 34.5 Å². The van der Waals surface area contributed by atoms with Crippen LogP contribution in [0.4, 0.5) is 0 Å². The van der Waals surface area contributed by atoms with Gasteiger partial charge in [0.1, 0.15) is 66.9 Å². The summed E-state index contributed by atoms with van der Waals surface area (Å²) in [6, 6.07) is 29.1. The van der Waals surface area contributed by atoms with Gasteiger partial charge in [0, 0.05) is 42.1 Å². The summed E-state index contributed by atoms with van der Waals surface area (Å²) in [5, 5.41) is 91.0. The molecule has 3 amide bonds. The highest BCUT2D eigenvalue weighted by atomic mass is 32.3. The van der Waals surface area contributed by atoms with E-state index in [9.17, 15) is 76.6 Å². The predicted molar refractivity (Wildman–Crippen MR) is 400 cm³/mol. The molecule has 39 heteroatoms. The molecule has 0 unspecified atom stereocenters. The topological polar surface area (TPSA) is 500 Å². The van der Waals surface area contributed by atoms with Crippen molar-refractivity contribution in [2.75, 3.05) is 118 Å². The molecule has 0 spiro atoms. The Hall–Kier alpha value is -9.89. The van der Waals surface area contributed by atoms with Crippen molar-refractivity contribution in [1.82, 2.24) is 30.9 Å². The number of aliphatic hydroxyl groups excluding tert-OH is 7. The van der Waals surface area contributed by atoms with E-state index in [1.165, 1.54) is 84.9 Å². The molecule has 0 radical (unpaired) electrons. The van der Waals surface area contributed by atoms with Gasteiger partial charge in [0.2, 0.25) is 18.8 Å². The summed E-state index contributed by atoms with van der Waals surface area (Å²) in [5.41, 5.74) is 2.56. The average molecular weight is 1660 g/mol. The number of aliphatic hydroxyl groups is 7. The number of fused-ring (bicyclic) bond motifs is 4. The molecule has 116 heavy (non-hydrogen) atoms. The molecule has 11 rings (SSSR count). The zero-order valence-corrected chi connectivity index (χ0v) is 64.3. The molecule has 2 fully saturated rings. The van der Waals surface area contributed by atoms with Crippen molar-refractivity contribution < 1.29 is 146 Å². The van der Waals surface area contributed by atoms with Crippen LogP contribution in [0, 0.1) is 6.92 Å². The summed E-state index contributed by atoms with van der Waals surface area (Å²) in [5.74, 6) is -5.97. The van der Waals surface area contributed by atoms with E-state index in [1.807, 2.05) is 6.92 Å². The van der Waals surface area contributed by atoms with Crippen LogP contribution in [-0.4, -0.2) is 276 Å². The van der Waals surface area contributed by atoms with Gasteiger partial charge in [0.25, 0.3) is 17.7 Å². The predicted octanol–water partition coefficient (Wildman–Crippen LogP) is 0.816.